The number of imidazole rings is 1. The predicted molar refractivity (Wildman–Crippen MR) is 97.7 cm³/mol. The molecule has 1 saturated heterocycles. The third kappa shape index (κ3) is 3.87. The Kier molecular flexibility index (Phi) is 6.22. The molecule has 2 aromatic rings. The van der Waals surface area contributed by atoms with Gasteiger partial charge in [0.1, 0.15) is 11.9 Å². The summed E-state index contributed by atoms with van der Waals surface area (Å²) in [6.45, 7) is 1.85. The number of piperazine rings is 1. The number of nitrogens with one attached hydrogen (secondary N) is 2. The van der Waals surface area contributed by atoms with Crippen molar-refractivity contribution in [1.82, 2.24) is 24.5 Å². The fourth-order valence-electron chi connectivity index (χ4n) is 2.71. The number of thiophene rings is 1. The van der Waals surface area contributed by atoms with E-state index >= 15 is 0 Å². The van der Waals surface area contributed by atoms with Gasteiger partial charge in [0.25, 0.3) is 5.91 Å². The summed E-state index contributed by atoms with van der Waals surface area (Å²) in [7, 11) is -0.304. The number of sulfonamides is 1. The number of halogens is 1. The van der Waals surface area contributed by atoms with Gasteiger partial charge in [0.05, 0.1) is 9.77 Å². The number of hydrogen-bond acceptors (Lipinski definition) is 6. The average molecular weight is 406 g/mol. The van der Waals surface area contributed by atoms with Crippen molar-refractivity contribution in [2.24, 2.45) is 7.05 Å². The maximum atomic E-state index is 12.9. The number of aromatic nitrogens is 2. The van der Waals surface area contributed by atoms with Crippen molar-refractivity contribution in [3.8, 4) is 0 Å². The summed E-state index contributed by atoms with van der Waals surface area (Å²) < 4.78 is 27.9. The van der Waals surface area contributed by atoms with Crippen molar-refractivity contribution in [2.45, 2.75) is 10.9 Å². The second-order valence-corrected chi connectivity index (χ2v) is 8.27. The van der Waals surface area contributed by atoms with Gasteiger partial charge >= 0.3 is 0 Å². The molecular weight excluding hydrogens is 386 g/mol. The van der Waals surface area contributed by atoms with Crippen molar-refractivity contribution < 1.29 is 13.2 Å². The van der Waals surface area contributed by atoms with Crippen LogP contribution >= 0.6 is 23.7 Å². The minimum atomic E-state index is -3.54. The van der Waals surface area contributed by atoms with E-state index in [0.29, 0.717) is 24.5 Å². The van der Waals surface area contributed by atoms with Gasteiger partial charge in [-0.15, -0.1) is 23.7 Å². The first-order valence-electron chi connectivity index (χ1n) is 7.45. The van der Waals surface area contributed by atoms with Crippen LogP contribution in [0.15, 0.2) is 28.7 Å². The van der Waals surface area contributed by atoms with Crippen LogP contribution in [-0.2, 0) is 17.1 Å². The first-order valence-corrected chi connectivity index (χ1v) is 9.81. The highest BCUT2D eigenvalue weighted by Crippen LogP contribution is 2.26. The summed E-state index contributed by atoms with van der Waals surface area (Å²) in [5.74, 6) is 0.627. The lowest BCUT2D eigenvalue weighted by atomic mass is 10.1. The van der Waals surface area contributed by atoms with Gasteiger partial charge in [0.15, 0.2) is 0 Å². The highest BCUT2D eigenvalue weighted by Gasteiger charge is 2.32. The van der Waals surface area contributed by atoms with Crippen LogP contribution in [0.4, 0.5) is 0 Å². The molecular formula is C14H20ClN5O3S2. The fourth-order valence-corrected chi connectivity index (χ4v) is 4.67. The lowest BCUT2D eigenvalue weighted by Gasteiger charge is -2.35. The third-order valence-corrected chi connectivity index (χ3v) is 6.49. The van der Waals surface area contributed by atoms with Gasteiger partial charge < -0.3 is 14.8 Å². The molecule has 0 aliphatic carbocycles. The van der Waals surface area contributed by atoms with E-state index in [4.69, 9.17) is 0 Å². The zero-order valence-corrected chi connectivity index (χ0v) is 16.2. The van der Waals surface area contributed by atoms with E-state index in [0.717, 1.165) is 17.2 Å². The van der Waals surface area contributed by atoms with E-state index in [9.17, 15) is 13.2 Å². The van der Waals surface area contributed by atoms with E-state index in [2.05, 4.69) is 15.0 Å². The van der Waals surface area contributed by atoms with Crippen LogP contribution in [-0.4, -0.2) is 55.5 Å². The second-order valence-electron chi connectivity index (χ2n) is 5.47. The molecule has 0 radical (unpaired) electrons. The Morgan fingerprint density at radius 1 is 1.48 bits per heavy atom. The topological polar surface area (TPSA) is 96.3 Å². The summed E-state index contributed by atoms with van der Waals surface area (Å²) >= 11 is 1.14. The molecule has 11 heteroatoms. The van der Waals surface area contributed by atoms with Crippen LogP contribution in [0.3, 0.4) is 0 Å². The molecule has 1 aliphatic rings. The molecule has 8 nitrogen and oxygen atoms in total. The second kappa shape index (κ2) is 7.83. The number of carbonyl (C=O) groups excluding carboxylic acids is 1. The highest BCUT2D eigenvalue weighted by atomic mass is 35.5. The molecule has 3 heterocycles. The Hall–Kier alpha value is -1.46. The summed E-state index contributed by atoms with van der Waals surface area (Å²) in [5.41, 5.74) is 0. The first kappa shape index (κ1) is 19.9. The lowest BCUT2D eigenvalue weighted by Crippen LogP contribution is -2.49. The Bertz CT molecular complexity index is 848. The van der Waals surface area contributed by atoms with Gasteiger partial charge in [-0.05, 0) is 13.1 Å². The maximum Gasteiger partial charge on any atom is 0.264 e. The van der Waals surface area contributed by atoms with E-state index in [1.165, 1.54) is 18.5 Å². The summed E-state index contributed by atoms with van der Waals surface area (Å²) in [6.07, 6.45) is 3.55. The molecule has 0 aromatic carbocycles. The Morgan fingerprint density at radius 2 is 2.24 bits per heavy atom. The van der Waals surface area contributed by atoms with Gasteiger partial charge in [0.2, 0.25) is 10.0 Å². The Balaban J connectivity index is 0.00000225. The van der Waals surface area contributed by atoms with Crippen LogP contribution in [0.25, 0.3) is 0 Å². The Labute approximate surface area is 156 Å². The van der Waals surface area contributed by atoms with Crippen molar-refractivity contribution in [2.75, 3.05) is 26.7 Å². The molecule has 1 aliphatic heterocycles. The molecule has 1 fully saturated rings. The van der Waals surface area contributed by atoms with Gasteiger partial charge in [-0.2, -0.15) is 0 Å². The van der Waals surface area contributed by atoms with Gasteiger partial charge in [0, 0.05) is 44.5 Å². The average Bonchev–Trinajstić information content (AvgIpc) is 3.23. The summed E-state index contributed by atoms with van der Waals surface area (Å²) in [4.78, 5) is 19.5. The fraction of sp³-hybridized carbons (Fsp3) is 0.429. The van der Waals surface area contributed by atoms with Crippen molar-refractivity contribution >= 4 is 39.7 Å². The van der Waals surface area contributed by atoms with E-state index in [1.54, 1.807) is 11.1 Å². The molecule has 138 valence electrons. The van der Waals surface area contributed by atoms with Gasteiger partial charge in [-0.25, -0.2) is 18.1 Å². The maximum absolute atomic E-state index is 12.9. The van der Waals surface area contributed by atoms with Crippen LogP contribution in [0.1, 0.15) is 21.5 Å². The van der Waals surface area contributed by atoms with Crippen molar-refractivity contribution in [3.05, 3.63) is 34.5 Å². The highest BCUT2D eigenvalue weighted by molar-refractivity contribution is 7.89. The van der Waals surface area contributed by atoms with Crippen LogP contribution < -0.4 is 10.0 Å². The van der Waals surface area contributed by atoms with Crippen molar-refractivity contribution in [3.63, 3.8) is 0 Å². The monoisotopic (exact) mass is 405 g/mol. The minimum Gasteiger partial charge on any atom is -0.336 e. The molecule has 0 bridgehead atoms. The van der Waals surface area contributed by atoms with Gasteiger partial charge in [-0.3, -0.25) is 4.79 Å². The number of aryl methyl sites for hydroxylation is 1. The summed E-state index contributed by atoms with van der Waals surface area (Å²) in [6, 6.07) is 1.24. The number of nitrogens with zero attached hydrogens (tertiary/aromatic N) is 3. The molecule has 25 heavy (non-hydrogen) atoms. The third-order valence-electron chi connectivity index (χ3n) is 4.03. The predicted octanol–water partition coefficient (Wildman–Crippen LogP) is 0.598. The van der Waals surface area contributed by atoms with Crippen LogP contribution in [0, 0.1) is 0 Å². The zero-order valence-electron chi connectivity index (χ0n) is 13.8. The van der Waals surface area contributed by atoms with Crippen LogP contribution in [0.5, 0.6) is 0 Å². The van der Waals surface area contributed by atoms with Crippen LogP contribution in [0.2, 0.25) is 0 Å². The van der Waals surface area contributed by atoms with Gasteiger partial charge in [-0.1, -0.05) is 0 Å². The number of rotatable bonds is 4. The standard InChI is InChI=1S/C14H19N5O3S2.ClH/c1-15-24(21,22)10-7-12(23-9-10)14(20)19-6-3-16-8-11(19)13-17-4-5-18(13)2;/h4-5,7,9,11,15-16H,3,6,8H2,1-2H3;1H. The molecule has 2 N–H and O–H groups in total. The molecule has 0 saturated carbocycles. The summed E-state index contributed by atoms with van der Waals surface area (Å²) in [5, 5.41) is 4.76. The SMILES string of the molecule is CNS(=O)(=O)c1csc(C(=O)N2CCNCC2c2nccn2C)c1.Cl. The molecule has 1 atom stereocenters. The first-order chi connectivity index (χ1) is 11.4. The Morgan fingerprint density at radius 3 is 2.88 bits per heavy atom. The zero-order chi connectivity index (χ0) is 17.3. The normalized spacial score (nSPS) is 18.0. The molecule has 0 spiro atoms. The largest absolute Gasteiger partial charge is 0.336 e. The minimum absolute atomic E-state index is 0. The molecule has 3 rings (SSSR count). The molecule has 1 unspecified atom stereocenters. The lowest BCUT2D eigenvalue weighted by molar-refractivity contribution is 0.0626. The van der Waals surface area contributed by atoms with E-state index < -0.39 is 10.0 Å². The number of amides is 1. The number of hydrogen-bond donors (Lipinski definition) is 2. The van der Waals surface area contributed by atoms with E-state index in [1.807, 2.05) is 17.8 Å². The number of carbonyl (C=O) groups is 1. The molecule has 1 amide bonds. The van der Waals surface area contributed by atoms with E-state index in [-0.39, 0.29) is 29.3 Å². The smallest absolute Gasteiger partial charge is 0.264 e. The quantitative estimate of drug-likeness (QED) is 0.776. The van der Waals surface area contributed by atoms with Crippen molar-refractivity contribution in [1.29, 1.82) is 0 Å². The molecule has 2 aromatic heterocycles.